The summed E-state index contributed by atoms with van der Waals surface area (Å²) in [6.45, 7) is 1.03. The Kier molecular flexibility index (Phi) is 5.76. The molecule has 0 spiro atoms. The van der Waals surface area contributed by atoms with E-state index < -0.39 is 17.3 Å². The maximum absolute atomic E-state index is 13.9. The van der Waals surface area contributed by atoms with E-state index in [2.05, 4.69) is 15.6 Å². The van der Waals surface area contributed by atoms with E-state index in [1.54, 1.807) is 54.6 Å². The Morgan fingerprint density at radius 3 is 2.31 bits per heavy atom. The van der Waals surface area contributed by atoms with E-state index in [0.29, 0.717) is 22.3 Å². The molecule has 160 valence electrons. The summed E-state index contributed by atoms with van der Waals surface area (Å²) in [6.07, 6.45) is 0. The SMILES string of the molecule is CC(=O)Nc1ccccc1-c1nc2ccccc2n(CC(=O)Nc2ccccc2F)c1=O. The smallest absolute Gasteiger partial charge is 0.278 e. The molecule has 0 bridgehead atoms. The van der Waals surface area contributed by atoms with Crippen LogP contribution < -0.4 is 16.2 Å². The van der Waals surface area contributed by atoms with E-state index in [4.69, 9.17) is 0 Å². The Morgan fingerprint density at radius 2 is 1.56 bits per heavy atom. The van der Waals surface area contributed by atoms with Crippen LogP contribution in [0.3, 0.4) is 0 Å². The average molecular weight is 430 g/mol. The summed E-state index contributed by atoms with van der Waals surface area (Å²) < 4.78 is 15.2. The maximum Gasteiger partial charge on any atom is 0.278 e. The van der Waals surface area contributed by atoms with Crippen molar-refractivity contribution < 1.29 is 14.0 Å². The van der Waals surface area contributed by atoms with Crippen LogP contribution in [0.1, 0.15) is 6.92 Å². The van der Waals surface area contributed by atoms with Crippen molar-refractivity contribution in [2.75, 3.05) is 10.6 Å². The largest absolute Gasteiger partial charge is 0.326 e. The molecule has 4 aromatic rings. The van der Waals surface area contributed by atoms with Gasteiger partial charge in [-0.15, -0.1) is 0 Å². The number of nitrogens with zero attached hydrogens (tertiary/aromatic N) is 2. The van der Waals surface area contributed by atoms with E-state index in [1.165, 1.54) is 29.7 Å². The minimum atomic E-state index is -0.572. The van der Waals surface area contributed by atoms with Gasteiger partial charge in [0, 0.05) is 12.5 Å². The van der Waals surface area contributed by atoms with Crippen LogP contribution in [-0.4, -0.2) is 21.4 Å². The average Bonchev–Trinajstić information content (AvgIpc) is 2.77. The van der Waals surface area contributed by atoms with Crippen molar-refractivity contribution in [1.29, 1.82) is 0 Å². The van der Waals surface area contributed by atoms with Crippen LogP contribution in [0.25, 0.3) is 22.3 Å². The van der Waals surface area contributed by atoms with Gasteiger partial charge in [-0.25, -0.2) is 9.37 Å². The van der Waals surface area contributed by atoms with Crippen LogP contribution >= 0.6 is 0 Å². The van der Waals surface area contributed by atoms with Gasteiger partial charge in [0.15, 0.2) is 0 Å². The minimum absolute atomic E-state index is 0.0279. The first-order chi connectivity index (χ1) is 15.4. The van der Waals surface area contributed by atoms with E-state index in [0.717, 1.165) is 0 Å². The lowest BCUT2D eigenvalue weighted by atomic mass is 10.1. The summed E-state index contributed by atoms with van der Waals surface area (Å²) in [5.74, 6) is -1.42. The normalized spacial score (nSPS) is 10.7. The number of benzene rings is 3. The van der Waals surface area contributed by atoms with Crippen LogP contribution in [0.15, 0.2) is 77.6 Å². The van der Waals surface area contributed by atoms with Gasteiger partial charge in [0.2, 0.25) is 11.8 Å². The summed E-state index contributed by atoms with van der Waals surface area (Å²) in [7, 11) is 0. The van der Waals surface area contributed by atoms with E-state index >= 15 is 0 Å². The molecule has 0 saturated heterocycles. The van der Waals surface area contributed by atoms with Crippen molar-refractivity contribution >= 4 is 34.2 Å². The van der Waals surface area contributed by atoms with Gasteiger partial charge < -0.3 is 10.6 Å². The van der Waals surface area contributed by atoms with Crippen molar-refractivity contribution in [2.45, 2.75) is 13.5 Å². The van der Waals surface area contributed by atoms with Crippen LogP contribution in [0.4, 0.5) is 15.8 Å². The molecule has 0 radical (unpaired) electrons. The molecule has 0 unspecified atom stereocenters. The number of halogens is 1. The Hall–Kier alpha value is -4.33. The highest BCUT2D eigenvalue weighted by atomic mass is 19.1. The highest BCUT2D eigenvalue weighted by molar-refractivity contribution is 5.94. The maximum atomic E-state index is 13.9. The molecule has 0 aliphatic carbocycles. The zero-order valence-electron chi connectivity index (χ0n) is 17.1. The summed E-state index contributed by atoms with van der Waals surface area (Å²) in [6, 6.07) is 19.5. The number of carbonyl (C=O) groups is 2. The molecule has 2 amide bonds. The van der Waals surface area contributed by atoms with Gasteiger partial charge in [-0.3, -0.25) is 19.0 Å². The molecule has 32 heavy (non-hydrogen) atoms. The summed E-state index contributed by atoms with van der Waals surface area (Å²) in [4.78, 5) is 42.2. The number of nitrogens with one attached hydrogen (secondary N) is 2. The van der Waals surface area contributed by atoms with E-state index in [1.807, 2.05) is 0 Å². The Bertz CT molecular complexity index is 1400. The van der Waals surface area contributed by atoms with Gasteiger partial charge in [0.05, 0.1) is 22.4 Å². The minimum Gasteiger partial charge on any atom is -0.326 e. The quantitative estimate of drug-likeness (QED) is 0.504. The van der Waals surface area contributed by atoms with Gasteiger partial charge in [-0.1, -0.05) is 42.5 Å². The molecule has 0 atom stereocenters. The van der Waals surface area contributed by atoms with E-state index in [9.17, 15) is 18.8 Å². The number of aromatic nitrogens is 2. The molecule has 1 heterocycles. The van der Waals surface area contributed by atoms with Crippen molar-refractivity contribution in [1.82, 2.24) is 9.55 Å². The number of hydrogen-bond donors (Lipinski definition) is 2. The predicted octanol–water partition coefficient (Wildman–Crippen LogP) is 3.80. The molecule has 0 saturated carbocycles. The lowest BCUT2D eigenvalue weighted by molar-refractivity contribution is -0.117. The second kappa shape index (κ2) is 8.81. The second-order valence-corrected chi connectivity index (χ2v) is 7.10. The highest BCUT2D eigenvalue weighted by Gasteiger charge is 2.18. The van der Waals surface area contributed by atoms with Crippen molar-refractivity contribution in [3.05, 3.63) is 89.0 Å². The Labute approximate surface area is 182 Å². The molecular formula is C24H19FN4O3. The fourth-order valence-electron chi connectivity index (χ4n) is 3.41. The zero-order valence-corrected chi connectivity index (χ0v) is 17.1. The Balaban J connectivity index is 1.81. The van der Waals surface area contributed by atoms with Gasteiger partial charge >= 0.3 is 0 Å². The van der Waals surface area contributed by atoms with Gasteiger partial charge in [-0.2, -0.15) is 0 Å². The number of amides is 2. The van der Waals surface area contributed by atoms with Gasteiger partial charge in [0.25, 0.3) is 5.56 Å². The third-order valence-electron chi connectivity index (χ3n) is 4.80. The predicted molar refractivity (Wildman–Crippen MR) is 121 cm³/mol. The summed E-state index contributed by atoms with van der Waals surface area (Å²) in [5, 5.41) is 5.19. The van der Waals surface area contributed by atoms with Crippen molar-refractivity contribution in [3.8, 4) is 11.3 Å². The van der Waals surface area contributed by atoms with Crippen molar-refractivity contribution in [2.24, 2.45) is 0 Å². The molecule has 0 fully saturated rings. The molecular weight excluding hydrogens is 411 g/mol. The topological polar surface area (TPSA) is 93.1 Å². The standard InChI is InChI=1S/C24H19FN4O3/c1-15(30)26-18-10-4-2-8-16(18)23-24(32)29(21-13-7-6-12-20(21)28-23)14-22(31)27-19-11-5-3-9-17(19)25/h2-13H,14H2,1H3,(H,26,30)(H,27,31). The molecule has 2 N–H and O–H groups in total. The molecule has 0 aliphatic rings. The number of fused-ring (bicyclic) bond motifs is 1. The first kappa shape index (κ1) is 20.9. The molecule has 0 aliphatic heterocycles. The first-order valence-electron chi connectivity index (χ1n) is 9.85. The highest BCUT2D eigenvalue weighted by Crippen LogP contribution is 2.25. The van der Waals surface area contributed by atoms with Gasteiger partial charge in [-0.05, 0) is 30.3 Å². The third-order valence-corrected chi connectivity index (χ3v) is 4.80. The Morgan fingerprint density at radius 1 is 0.906 bits per heavy atom. The third kappa shape index (κ3) is 4.24. The van der Waals surface area contributed by atoms with Crippen LogP contribution in [0.2, 0.25) is 0 Å². The first-order valence-corrected chi connectivity index (χ1v) is 9.85. The van der Waals surface area contributed by atoms with Crippen LogP contribution in [-0.2, 0) is 16.1 Å². The summed E-state index contributed by atoms with van der Waals surface area (Å²) >= 11 is 0. The number of rotatable bonds is 5. The lowest BCUT2D eigenvalue weighted by Gasteiger charge is -2.14. The molecule has 4 rings (SSSR count). The van der Waals surface area contributed by atoms with E-state index in [-0.39, 0.29) is 23.8 Å². The molecule has 8 heteroatoms. The van der Waals surface area contributed by atoms with Crippen LogP contribution in [0, 0.1) is 5.82 Å². The molecule has 7 nitrogen and oxygen atoms in total. The molecule has 3 aromatic carbocycles. The number of hydrogen-bond acceptors (Lipinski definition) is 4. The number of para-hydroxylation sites is 4. The second-order valence-electron chi connectivity index (χ2n) is 7.10. The fourth-order valence-corrected chi connectivity index (χ4v) is 3.41. The fraction of sp³-hybridized carbons (Fsp3) is 0.0833. The lowest BCUT2D eigenvalue weighted by Crippen LogP contribution is -2.30. The number of carbonyl (C=O) groups excluding carboxylic acids is 2. The van der Waals surface area contributed by atoms with Crippen LogP contribution in [0.5, 0.6) is 0 Å². The zero-order chi connectivity index (χ0) is 22.7. The monoisotopic (exact) mass is 430 g/mol. The van der Waals surface area contributed by atoms with Crippen molar-refractivity contribution in [3.63, 3.8) is 0 Å². The van der Waals surface area contributed by atoms with Gasteiger partial charge in [0.1, 0.15) is 18.1 Å². The molecule has 1 aromatic heterocycles. The summed E-state index contributed by atoms with van der Waals surface area (Å²) in [5.41, 5.74) is 1.43. The number of anilines is 2.